The van der Waals surface area contributed by atoms with Crippen LogP contribution in [0.5, 0.6) is 5.75 Å². The number of aryl methyl sites for hydroxylation is 2. The number of likely N-dealkylation sites (tertiary alicyclic amines) is 1. The predicted molar refractivity (Wildman–Crippen MR) is 109 cm³/mol. The molecule has 2 aliphatic heterocycles. The third-order valence-electron chi connectivity index (χ3n) is 6.24. The average Bonchev–Trinajstić information content (AvgIpc) is 3.28. The number of aromatic nitrogens is 3. The van der Waals surface area contributed by atoms with Gasteiger partial charge in [0.25, 0.3) is 0 Å². The minimum atomic E-state index is 0.146. The molecule has 5 rings (SSSR count). The molecule has 0 aliphatic carbocycles. The maximum absolute atomic E-state index is 6.40. The Bertz CT molecular complexity index is 968. The summed E-state index contributed by atoms with van der Waals surface area (Å²) in [6, 6.07) is 8.46. The highest BCUT2D eigenvalue weighted by Gasteiger charge is 2.28. The van der Waals surface area contributed by atoms with Crippen LogP contribution in [0.15, 0.2) is 36.7 Å². The van der Waals surface area contributed by atoms with Gasteiger partial charge in [-0.25, -0.2) is 0 Å². The molecule has 6 nitrogen and oxygen atoms in total. The fraction of sp³-hybridized carbons (Fsp3) is 0.500. The van der Waals surface area contributed by atoms with Crippen LogP contribution in [0.25, 0.3) is 10.9 Å². The van der Waals surface area contributed by atoms with E-state index in [-0.39, 0.29) is 12.2 Å². The van der Waals surface area contributed by atoms with E-state index in [0.717, 1.165) is 51.3 Å². The van der Waals surface area contributed by atoms with E-state index < -0.39 is 0 Å². The van der Waals surface area contributed by atoms with Crippen LogP contribution in [0, 0.1) is 0 Å². The van der Waals surface area contributed by atoms with Crippen molar-refractivity contribution in [1.29, 1.82) is 0 Å². The molecule has 6 heteroatoms. The van der Waals surface area contributed by atoms with E-state index in [1.807, 2.05) is 17.9 Å². The van der Waals surface area contributed by atoms with Crippen molar-refractivity contribution < 1.29 is 9.47 Å². The monoisotopic (exact) mass is 380 g/mol. The number of ether oxygens (including phenoxy) is 2. The lowest BCUT2D eigenvalue weighted by Gasteiger charge is -2.35. The molecular weight excluding hydrogens is 352 g/mol. The van der Waals surface area contributed by atoms with Crippen LogP contribution >= 0.6 is 0 Å². The summed E-state index contributed by atoms with van der Waals surface area (Å²) in [5, 5.41) is 5.62. The SMILES string of the molecule is Cn1ncc2c1CCOC2CN1CCC(Oc2cccc3c2ccn3C)CC1. The molecular formula is C22H28N4O2. The molecule has 0 amide bonds. The molecule has 2 aliphatic rings. The second-order valence-electron chi connectivity index (χ2n) is 8.01. The van der Waals surface area contributed by atoms with Crippen LogP contribution in [0.1, 0.15) is 30.2 Å². The maximum atomic E-state index is 6.40. The molecule has 0 saturated carbocycles. The Morgan fingerprint density at radius 2 is 2.04 bits per heavy atom. The van der Waals surface area contributed by atoms with E-state index in [2.05, 4.69) is 52.1 Å². The van der Waals surface area contributed by atoms with Crippen molar-refractivity contribution in [2.75, 3.05) is 26.2 Å². The zero-order valence-corrected chi connectivity index (χ0v) is 16.7. The van der Waals surface area contributed by atoms with Crippen LogP contribution < -0.4 is 4.74 Å². The fourth-order valence-electron chi connectivity index (χ4n) is 4.59. The molecule has 0 spiro atoms. The summed E-state index contributed by atoms with van der Waals surface area (Å²) in [7, 11) is 4.10. The molecule has 4 heterocycles. The van der Waals surface area contributed by atoms with Gasteiger partial charge in [0.05, 0.1) is 24.4 Å². The highest BCUT2D eigenvalue weighted by Crippen LogP contribution is 2.30. The van der Waals surface area contributed by atoms with Gasteiger partial charge in [0, 0.05) is 63.0 Å². The van der Waals surface area contributed by atoms with E-state index in [1.165, 1.54) is 22.2 Å². The first-order chi connectivity index (χ1) is 13.7. The Morgan fingerprint density at radius 3 is 2.89 bits per heavy atom. The number of rotatable bonds is 4. The van der Waals surface area contributed by atoms with Gasteiger partial charge in [0.1, 0.15) is 11.9 Å². The second-order valence-corrected chi connectivity index (χ2v) is 8.01. The number of hydrogen-bond donors (Lipinski definition) is 0. The molecule has 1 unspecified atom stereocenters. The minimum absolute atomic E-state index is 0.146. The van der Waals surface area contributed by atoms with Crippen LogP contribution in [0.4, 0.5) is 0 Å². The molecule has 3 aromatic rings. The number of piperidine rings is 1. The third kappa shape index (κ3) is 3.20. The van der Waals surface area contributed by atoms with E-state index >= 15 is 0 Å². The van der Waals surface area contributed by atoms with Crippen LogP contribution in [-0.2, 0) is 25.3 Å². The molecule has 2 aromatic heterocycles. The summed E-state index contributed by atoms with van der Waals surface area (Å²) in [6.45, 7) is 3.83. The van der Waals surface area contributed by atoms with Gasteiger partial charge in [-0.1, -0.05) is 6.07 Å². The van der Waals surface area contributed by atoms with Gasteiger partial charge in [0.15, 0.2) is 0 Å². The summed E-state index contributed by atoms with van der Waals surface area (Å²) < 4.78 is 16.6. The van der Waals surface area contributed by atoms with Gasteiger partial charge in [-0.15, -0.1) is 0 Å². The van der Waals surface area contributed by atoms with E-state index in [9.17, 15) is 0 Å². The Hall–Kier alpha value is -2.31. The Kier molecular flexibility index (Phi) is 4.61. The summed E-state index contributed by atoms with van der Waals surface area (Å²) in [4.78, 5) is 2.51. The van der Waals surface area contributed by atoms with Crippen LogP contribution in [0.2, 0.25) is 0 Å². The fourth-order valence-corrected chi connectivity index (χ4v) is 4.59. The van der Waals surface area contributed by atoms with Gasteiger partial charge >= 0.3 is 0 Å². The molecule has 0 bridgehead atoms. The van der Waals surface area contributed by atoms with E-state index in [4.69, 9.17) is 9.47 Å². The minimum Gasteiger partial charge on any atom is -0.490 e. The summed E-state index contributed by atoms with van der Waals surface area (Å²) in [6.07, 6.45) is 7.57. The third-order valence-corrected chi connectivity index (χ3v) is 6.24. The van der Waals surface area contributed by atoms with Crippen molar-refractivity contribution in [1.82, 2.24) is 19.2 Å². The quantitative estimate of drug-likeness (QED) is 0.698. The number of hydrogen-bond acceptors (Lipinski definition) is 4. The summed E-state index contributed by atoms with van der Waals surface area (Å²) in [5.74, 6) is 1.01. The number of fused-ring (bicyclic) bond motifs is 2. The second kappa shape index (κ2) is 7.26. The lowest BCUT2D eigenvalue weighted by atomic mass is 10.0. The van der Waals surface area contributed by atoms with Crippen molar-refractivity contribution in [2.45, 2.75) is 31.5 Å². The van der Waals surface area contributed by atoms with Gasteiger partial charge in [-0.05, 0) is 31.0 Å². The maximum Gasteiger partial charge on any atom is 0.129 e. The average molecular weight is 380 g/mol. The molecule has 148 valence electrons. The molecule has 0 N–H and O–H groups in total. The smallest absolute Gasteiger partial charge is 0.129 e. The lowest BCUT2D eigenvalue weighted by Crippen LogP contribution is -2.41. The van der Waals surface area contributed by atoms with Gasteiger partial charge < -0.3 is 18.9 Å². The summed E-state index contributed by atoms with van der Waals surface area (Å²) >= 11 is 0. The first kappa shape index (κ1) is 17.8. The Labute approximate surface area is 165 Å². The zero-order chi connectivity index (χ0) is 19.1. The first-order valence-corrected chi connectivity index (χ1v) is 10.2. The van der Waals surface area contributed by atoms with Crippen molar-refractivity contribution in [2.24, 2.45) is 14.1 Å². The highest BCUT2D eigenvalue weighted by molar-refractivity contribution is 5.86. The largest absolute Gasteiger partial charge is 0.490 e. The van der Waals surface area contributed by atoms with Gasteiger partial charge in [-0.2, -0.15) is 5.10 Å². The van der Waals surface area contributed by atoms with Crippen molar-refractivity contribution in [3.63, 3.8) is 0 Å². The van der Waals surface area contributed by atoms with Crippen molar-refractivity contribution >= 4 is 10.9 Å². The number of nitrogens with zero attached hydrogens (tertiary/aromatic N) is 4. The highest BCUT2D eigenvalue weighted by atomic mass is 16.5. The van der Waals surface area contributed by atoms with Crippen molar-refractivity contribution in [3.8, 4) is 5.75 Å². The Balaban J connectivity index is 1.20. The summed E-state index contributed by atoms with van der Waals surface area (Å²) in [5.41, 5.74) is 3.81. The molecule has 1 atom stereocenters. The standard InChI is InChI=1S/C22H28N4O2/c1-24-10-8-17-19(24)4-3-5-21(17)28-16-6-11-26(12-7-16)15-22-18-14-23-25(2)20(18)9-13-27-22/h3-5,8,10,14,16,22H,6-7,9,11-13,15H2,1-2H3. The van der Waals surface area contributed by atoms with Crippen molar-refractivity contribution in [3.05, 3.63) is 47.9 Å². The van der Waals surface area contributed by atoms with Crippen LogP contribution in [-0.4, -0.2) is 51.6 Å². The normalized spacial score (nSPS) is 21.1. The van der Waals surface area contributed by atoms with Crippen LogP contribution in [0.3, 0.4) is 0 Å². The molecule has 1 saturated heterocycles. The molecule has 1 fully saturated rings. The molecule has 1 aromatic carbocycles. The lowest BCUT2D eigenvalue weighted by molar-refractivity contribution is 0.00184. The Morgan fingerprint density at radius 1 is 1.18 bits per heavy atom. The first-order valence-electron chi connectivity index (χ1n) is 10.2. The number of benzene rings is 1. The molecule has 28 heavy (non-hydrogen) atoms. The topological polar surface area (TPSA) is 44.4 Å². The van der Waals surface area contributed by atoms with E-state index in [1.54, 1.807) is 0 Å². The van der Waals surface area contributed by atoms with Gasteiger partial charge in [0.2, 0.25) is 0 Å². The van der Waals surface area contributed by atoms with E-state index in [0.29, 0.717) is 0 Å². The zero-order valence-electron chi connectivity index (χ0n) is 16.7. The molecule has 0 radical (unpaired) electrons. The van der Waals surface area contributed by atoms with Gasteiger partial charge in [-0.3, -0.25) is 4.68 Å². The predicted octanol–water partition coefficient (Wildman–Crippen LogP) is 3.07.